The van der Waals surface area contributed by atoms with Crippen LogP contribution in [0.4, 0.5) is 0 Å². The molecule has 1 aliphatic heterocycles. The molecule has 0 radical (unpaired) electrons. The SMILES string of the molecule is CCC1COC(c2ccc(Cl)nc2)OC1. The Morgan fingerprint density at radius 2 is 2.13 bits per heavy atom. The molecule has 0 unspecified atom stereocenters. The molecule has 1 fully saturated rings. The zero-order valence-corrected chi connectivity index (χ0v) is 9.41. The summed E-state index contributed by atoms with van der Waals surface area (Å²) in [7, 11) is 0. The van der Waals surface area contributed by atoms with Crippen molar-refractivity contribution >= 4 is 11.6 Å². The molecule has 0 atom stereocenters. The van der Waals surface area contributed by atoms with Crippen LogP contribution in [0.2, 0.25) is 5.15 Å². The third-order valence-corrected chi connectivity index (χ3v) is 2.79. The Morgan fingerprint density at radius 1 is 1.40 bits per heavy atom. The molecule has 4 heteroatoms. The van der Waals surface area contributed by atoms with Gasteiger partial charge in [-0.15, -0.1) is 0 Å². The largest absolute Gasteiger partial charge is 0.348 e. The minimum atomic E-state index is -0.280. The van der Waals surface area contributed by atoms with Gasteiger partial charge in [0.25, 0.3) is 0 Å². The number of hydrogen-bond donors (Lipinski definition) is 0. The predicted octanol–water partition coefficient (Wildman–Crippen LogP) is 2.81. The molecule has 82 valence electrons. The van der Waals surface area contributed by atoms with E-state index in [1.165, 1.54) is 0 Å². The molecule has 0 amide bonds. The summed E-state index contributed by atoms with van der Waals surface area (Å²) in [5.41, 5.74) is 0.925. The van der Waals surface area contributed by atoms with E-state index in [1.807, 2.05) is 6.07 Å². The first-order valence-corrected chi connectivity index (χ1v) is 5.52. The predicted molar refractivity (Wildman–Crippen MR) is 57.7 cm³/mol. The van der Waals surface area contributed by atoms with E-state index >= 15 is 0 Å². The highest BCUT2D eigenvalue weighted by Crippen LogP contribution is 2.25. The van der Waals surface area contributed by atoms with Crippen molar-refractivity contribution in [2.75, 3.05) is 13.2 Å². The number of rotatable bonds is 2. The first-order valence-electron chi connectivity index (χ1n) is 5.14. The van der Waals surface area contributed by atoms with Gasteiger partial charge in [0.05, 0.1) is 13.2 Å². The third kappa shape index (κ3) is 2.68. The van der Waals surface area contributed by atoms with E-state index in [0.717, 1.165) is 25.2 Å². The number of pyridine rings is 1. The second kappa shape index (κ2) is 4.92. The summed E-state index contributed by atoms with van der Waals surface area (Å²) in [6.07, 6.45) is 2.50. The average molecular weight is 228 g/mol. The maximum absolute atomic E-state index is 5.70. The second-order valence-corrected chi connectivity index (χ2v) is 4.07. The minimum absolute atomic E-state index is 0.280. The van der Waals surface area contributed by atoms with Crippen molar-refractivity contribution in [1.82, 2.24) is 4.98 Å². The summed E-state index contributed by atoms with van der Waals surface area (Å²) < 4.78 is 11.2. The fourth-order valence-electron chi connectivity index (χ4n) is 1.50. The first-order chi connectivity index (χ1) is 7.29. The molecule has 1 saturated heterocycles. The average Bonchev–Trinajstić information content (AvgIpc) is 2.30. The Morgan fingerprint density at radius 3 is 2.67 bits per heavy atom. The standard InChI is InChI=1S/C11H14ClNO2/c1-2-8-6-14-11(15-7-8)9-3-4-10(12)13-5-9/h3-5,8,11H,2,6-7H2,1H3. The van der Waals surface area contributed by atoms with Gasteiger partial charge in [-0.05, 0) is 18.6 Å². The summed E-state index contributed by atoms with van der Waals surface area (Å²) in [6.45, 7) is 3.65. The third-order valence-electron chi connectivity index (χ3n) is 2.57. The van der Waals surface area contributed by atoms with Crippen LogP contribution in [-0.4, -0.2) is 18.2 Å². The van der Waals surface area contributed by atoms with Gasteiger partial charge in [0.2, 0.25) is 0 Å². The van der Waals surface area contributed by atoms with Gasteiger partial charge in [-0.25, -0.2) is 4.98 Å². The molecule has 15 heavy (non-hydrogen) atoms. The molecule has 0 spiro atoms. The molecule has 0 aliphatic carbocycles. The number of hydrogen-bond acceptors (Lipinski definition) is 3. The van der Waals surface area contributed by atoms with Crippen molar-refractivity contribution in [3.05, 3.63) is 29.0 Å². The van der Waals surface area contributed by atoms with Crippen LogP contribution in [0, 0.1) is 5.92 Å². The molecular weight excluding hydrogens is 214 g/mol. The first kappa shape index (κ1) is 10.9. The Balaban J connectivity index is 1.98. The fraction of sp³-hybridized carbons (Fsp3) is 0.545. The van der Waals surface area contributed by atoms with E-state index in [0.29, 0.717) is 11.1 Å². The van der Waals surface area contributed by atoms with E-state index in [4.69, 9.17) is 21.1 Å². The molecule has 1 aromatic rings. The second-order valence-electron chi connectivity index (χ2n) is 3.69. The number of aromatic nitrogens is 1. The lowest BCUT2D eigenvalue weighted by Crippen LogP contribution is -2.26. The highest BCUT2D eigenvalue weighted by Gasteiger charge is 2.22. The molecule has 0 bridgehead atoms. The van der Waals surface area contributed by atoms with Crippen molar-refractivity contribution in [1.29, 1.82) is 0 Å². The summed E-state index contributed by atoms with van der Waals surface area (Å²) >= 11 is 5.70. The Hall–Kier alpha value is -0.640. The Kier molecular flexibility index (Phi) is 3.57. The zero-order chi connectivity index (χ0) is 10.7. The van der Waals surface area contributed by atoms with Gasteiger partial charge in [0, 0.05) is 17.7 Å². The van der Waals surface area contributed by atoms with Crippen LogP contribution < -0.4 is 0 Å². The van der Waals surface area contributed by atoms with Crippen molar-refractivity contribution in [3.8, 4) is 0 Å². The van der Waals surface area contributed by atoms with E-state index in [9.17, 15) is 0 Å². The van der Waals surface area contributed by atoms with Gasteiger partial charge in [-0.1, -0.05) is 18.5 Å². The quantitative estimate of drug-likeness (QED) is 0.728. The van der Waals surface area contributed by atoms with Crippen molar-refractivity contribution < 1.29 is 9.47 Å². The highest BCUT2D eigenvalue weighted by molar-refractivity contribution is 6.29. The zero-order valence-electron chi connectivity index (χ0n) is 8.65. The van der Waals surface area contributed by atoms with E-state index < -0.39 is 0 Å². The van der Waals surface area contributed by atoms with Crippen LogP contribution >= 0.6 is 11.6 Å². The highest BCUT2D eigenvalue weighted by atomic mass is 35.5. The van der Waals surface area contributed by atoms with Gasteiger partial charge in [-0.3, -0.25) is 0 Å². The van der Waals surface area contributed by atoms with Gasteiger partial charge in [0.1, 0.15) is 5.15 Å². The monoisotopic (exact) mass is 227 g/mol. The maximum atomic E-state index is 5.70. The molecule has 0 N–H and O–H groups in total. The van der Waals surface area contributed by atoms with Gasteiger partial charge in [-0.2, -0.15) is 0 Å². The molecular formula is C11H14ClNO2. The fourth-order valence-corrected chi connectivity index (χ4v) is 1.61. The van der Waals surface area contributed by atoms with E-state index in [1.54, 1.807) is 12.3 Å². The van der Waals surface area contributed by atoms with Crippen LogP contribution in [-0.2, 0) is 9.47 Å². The number of ether oxygens (including phenoxy) is 2. The number of nitrogens with zero attached hydrogens (tertiary/aromatic N) is 1. The molecule has 1 aliphatic rings. The normalized spacial score (nSPS) is 26.5. The van der Waals surface area contributed by atoms with Crippen molar-refractivity contribution in [2.24, 2.45) is 5.92 Å². The van der Waals surface area contributed by atoms with Crippen molar-refractivity contribution in [2.45, 2.75) is 19.6 Å². The molecule has 3 nitrogen and oxygen atoms in total. The van der Waals surface area contributed by atoms with Gasteiger partial charge >= 0.3 is 0 Å². The Labute approximate surface area is 94.4 Å². The summed E-state index contributed by atoms with van der Waals surface area (Å²) in [6, 6.07) is 3.63. The van der Waals surface area contributed by atoms with Crippen LogP contribution in [0.25, 0.3) is 0 Å². The van der Waals surface area contributed by atoms with Crippen LogP contribution in [0.15, 0.2) is 18.3 Å². The number of halogens is 1. The lowest BCUT2D eigenvalue weighted by Gasteiger charge is -2.28. The summed E-state index contributed by atoms with van der Waals surface area (Å²) in [5.74, 6) is 0.515. The molecule has 1 aromatic heterocycles. The molecule has 0 aromatic carbocycles. The summed E-state index contributed by atoms with van der Waals surface area (Å²) in [5, 5.41) is 0.487. The van der Waals surface area contributed by atoms with Crippen LogP contribution in [0.3, 0.4) is 0 Å². The van der Waals surface area contributed by atoms with Gasteiger partial charge in [0.15, 0.2) is 6.29 Å². The van der Waals surface area contributed by atoms with E-state index in [2.05, 4.69) is 11.9 Å². The van der Waals surface area contributed by atoms with Gasteiger partial charge < -0.3 is 9.47 Å². The lowest BCUT2D eigenvalue weighted by molar-refractivity contribution is -0.205. The minimum Gasteiger partial charge on any atom is -0.348 e. The van der Waals surface area contributed by atoms with Crippen molar-refractivity contribution in [3.63, 3.8) is 0 Å². The smallest absolute Gasteiger partial charge is 0.185 e. The lowest BCUT2D eigenvalue weighted by atomic mass is 10.1. The van der Waals surface area contributed by atoms with Crippen LogP contribution in [0.1, 0.15) is 25.2 Å². The Bertz CT molecular complexity index is 307. The topological polar surface area (TPSA) is 31.4 Å². The molecule has 0 saturated carbocycles. The maximum Gasteiger partial charge on any atom is 0.185 e. The summed E-state index contributed by atoms with van der Waals surface area (Å²) in [4.78, 5) is 4.00. The molecule has 2 heterocycles. The van der Waals surface area contributed by atoms with E-state index in [-0.39, 0.29) is 6.29 Å². The van der Waals surface area contributed by atoms with Crippen LogP contribution in [0.5, 0.6) is 0 Å². The molecule has 2 rings (SSSR count).